The minimum Gasteiger partial charge on any atom is -0.254 e. The number of anilines is 1. The van der Waals surface area contributed by atoms with Crippen molar-refractivity contribution in [2.45, 2.75) is 29.5 Å². The first-order valence-electron chi connectivity index (χ1n) is 9.79. The lowest BCUT2D eigenvalue weighted by molar-refractivity contribution is -0.249. The summed E-state index contributed by atoms with van der Waals surface area (Å²) in [5, 5.41) is 4.97. The monoisotopic (exact) mass is 497 g/mol. The van der Waals surface area contributed by atoms with Crippen LogP contribution in [0.4, 0.5) is 27.6 Å². The van der Waals surface area contributed by atoms with Crippen molar-refractivity contribution in [3.63, 3.8) is 0 Å². The van der Waals surface area contributed by atoms with E-state index in [9.17, 15) is 22.0 Å². The van der Waals surface area contributed by atoms with Crippen molar-refractivity contribution in [3.8, 4) is 11.3 Å². The Balaban J connectivity index is 1.78. The topological polar surface area (TPSA) is 28.5 Å². The van der Waals surface area contributed by atoms with Gasteiger partial charge in [-0.25, -0.2) is 0 Å². The number of rotatable bonds is 5. The summed E-state index contributed by atoms with van der Waals surface area (Å²) in [6.45, 7) is 0. The molecule has 2 heterocycles. The van der Waals surface area contributed by atoms with E-state index in [4.69, 9.17) is 11.6 Å². The second-order valence-corrected chi connectivity index (χ2v) is 8.60. The number of benzene rings is 2. The van der Waals surface area contributed by atoms with E-state index in [0.29, 0.717) is 11.4 Å². The van der Waals surface area contributed by atoms with Crippen molar-refractivity contribution >= 4 is 34.8 Å². The first-order valence-corrected chi connectivity index (χ1v) is 11.4. The van der Waals surface area contributed by atoms with Crippen LogP contribution >= 0.6 is 23.4 Å². The normalized spacial score (nSPS) is 16.8. The first-order chi connectivity index (χ1) is 15.6. The third-order valence-electron chi connectivity index (χ3n) is 5.21. The lowest BCUT2D eigenvalue weighted by atomic mass is 10.0. The molecular weight excluding hydrogens is 481 g/mol. The molecule has 0 N–H and O–H groups in total. The molecule has 10 heteroatoms. The molecule has 0 amide bonds. The third kappa shape index (κ3) is 4.56. The number of pyridine rings is 1. The molecule has 0 saturated heterocycles. The number of nitrogens with zero attached hydrogens (tertiary/aromatic N) is 3. The molecule has 0 fully saturated rings. The zero-order chi connectivity index (χ0) is 23.8. The molecule has 1 unspecified atom stereocenters. The van der Waals surface area contributed by atoms with E-state index in [1.807, 2.05) is 30.5 Å². The smallest absolute Gasteiger partial charge is 0.254 e. The van der Waals surface area contributed by atoms with Crippen molar-refractivity contribution < 1.29 is 22.0 Å². The molecule has 3 nitrogen and oxygen atoms in total. The average Bonchev–Trinajstić information content (AvgIpc) is 3.25. The molecule has 3 aromatic rings. The van der Waals surface area contributed by atoms with Crippen LogP contribution in [0.3, 0.4) is 0 Å². The van der Waals surface area contributed by atoms with Gasteiger partial charge in [0, 0.05) is 16.9 Å². The summed E-state index contributed by atoms with van der Waals surface area (Å²) in [6.07, 6.45) is -4.48. The lowest BCUT2D eigenvalue weighted by Crippen LogP contribution is -2.43. The molecule has 33 heavy (non-hydrogen) atoms. The Morgan fingerprint density at radius 2 is 1.70 bits per heavy atom. The molecule has 0 radical (unpaired) electrons. The van der Waals surface area contributed by atoms with Crippen LogP contribution in [0.1, 0.15) is 18.2 Å². The maximum absolute atomic E-state index is 14.2. The lowest BCUT2D eigenvalue weighted by Gasteiger charge is -2.24. The van der Waals surface area contributed by atoms with Crippen LogP contribution in [-0.4, -0.2) is 29.1 Å². The average molecular weight is 498 g/mol. The van der Waals surface area contributed by atoms with Gasteiger partial charge in [-0.1, -0.05) is 41.9 Å². The van der Waals surface area contributed by atoms with Gasteiger partial charge in [-0.2, -0.15) is 27.1 Å². The van der Waals surface area contributed by atoms with Crippen LogP contribution < -0.4 is 5.01 Å². The second-order valence-electron chi connectivity index (χ2n) is 7.31. The molecule has 1 atom stereocenters. The van der Waals surface area contributed by atoms with Crippen LogP contribution in [0, 0.1) is 0 Å². The predicted octanol–water partition coefficient (Wildman–Crippen LogP) is 7.63. The summed E-state index contributed by atoms with van der Waals surface area (Å²) in [5.74, 6) is -5.08. The zero-order valence-corrected chi connectivity index (χ0v) is 18.7. The number of hydrogen-bond donors (Lipinski definition) is 0. The Labute approximate surface area is 196 Å². The third-order valence-corrected chi connectivity index (χ3v) is 6.25. The fraction of sp³-hybridized carbons (Fsp3) is 0.217. The van der Waals surface area contributed by atoms with Crippen molar-refractivity contribution in [3.05, 3.63) is 77.4 Å². The number of hydrogen-bond acceptors (Lipinski definition) is 4. The Hall–Kier alpha value is -2.65. The van der Waals surface area contributed by atoms with Crippen molar-refractivity contribution in [1.82, 2.24) is 4.98 Å². The van der Waals surface area contributed by atoms with E-state index in [-0.39, 0.29) is 10.7 Å². The molecule has 1 aromatic heterocycles. The summed E-state index contributed by atoms with van der Waals surface area (Å²) >= 11 is 7.78. The van der Waals surface area contributed by atoms with E-state index in [2.05, 4.69) is 10.1 Å². The highest BCUT2D eigenvalue weighted by Gasteiger charge is 2.63. The quantitative estimate of drug-likeness (QED) is 0.268. The molecule has 0 aliphatic carbocycles. The largest absolute Gasteiger partial charge is 0.459 e. The van der Waals surface area contributed by atoms with Crippen LogP contribution in [0.15, 0.2) is 76.7 Å². The van der Waals surface area contributed by atoms with Gasteiger partial charge in [-0.3, -0.25) is 9.99 Å². The van der Waals surface area contributed by atoms with Gasteiger partial charge in [-0.15, -0.1) is 11.8 Å². The summed E-state index contributed by atoms with van der Waals surface area (Å²) in [4.78, 5) is 5.60. The zero-order valence-electron chi connectivity index (χ0n) is 17.2. The highest BCUT2D eigenvalue weighted by molar-refractivity contribution is 7.98. The van der Waals surface area contributed by atoms with Gasteiger partial charge < -0.3 is 0 Å². The SMILES string of the molecule is CSc1cccc(-c2cccc(C3CC(C(F)(F)C(F)(F)F)=NN3c3ccccc3Cl)n2)c1. The van der Waals surface area contributed by atoms with Gasteiger partial charge in [0.2, 0.25) is 0 Å². The van der Waals surface area contributed by atoms with Gasteiger partial charge in [0.25, 0.3) is 0 Å². The number of thioether (sulfide) groups is 1. The Bertz CT molecular complexity index is 1200. The standard InChI is InChI=1S/C23H17ClF5N3S/c1-33-15-7-4-6-14(12-15)17-9-5-10-18(30-17)20-13-21(22(25,26)23(27,28)29)31-32(20)19-11-3-2-8-16(19)24/h2-12,20H,13H2,1H3. The van der Waals surface area contributed by atoms with E-state index in [0.717, 1.165) is 15.5 Å². The van der Waals surface area contributed by atoms with Crippen molar-refractivity contribution in [2.75, 3.05) is 11.3 Å². The number of halogens is 6. The van der Waals surface area contributed by atoms with Crippen LogP contribution in [0.2, 0.25) is 5.02 Å². The summed E-state index contributed by atoms with van der Waals surface area (Å²) in [6, 6.07) is 17.9. The minimum absolute atomic E-state index is 0.173. The van der Waals surface area contributed by atoms with E-state index >= 15 is 0 Å². The van der Waals surface area contributed by atoms with Crippen molar-refractivity contribution in [1.29, 1.82) is 0 Å². The van der Waals surface area contributed by atoms with Gasteiger partial charge in [-0.05, 0) is 42.7 Å². The van der Waals surface area contributed by atoms with Gasteiger partial charge >= 0.3 is 12.1 Å². The number of para-hydroxylation sites is 1. The molecular formula is C23H17ClF5N3S. The maximum atomic E-state index is 14.2. The van der Waals surface area contributed by atoms with Crippen LogP contribution in [-0.2, 0) is 0 Å². The van der Waals surface area contributed by atoms with E-state index < -0.39 is 30.3 Å². The molecule has 1 aliphatic heterocycles. The second kappa shape index (κ2) is 8.95. The van der Waals surface area contributed by atoms with E-state index in [1.54, 1.807) is 42.1 Å². The van der Waals surface area contributed by atoms with Gasteiger partial charge in [0.05, 0.1) is 22.1 Å². The number of hydrazone groups is 1. The van der Waals surface area contributed by atoms with Gasteiger partial charge in [0.1, 0.15) is 11.8 Å². The van der Waals surface area contributed by atoms with E-state index in [1.165, 1.54) is 12.1 Å². The molecule has 0 saturated carbocycles. The Morgan fingerprint density at radius 1 is 0.970 bits per heavy atom. The highest BCUT2D eigenvalue weighted by Crippen LogP contribution is 2.45. The summed E-state index contributed by atoms with van der Waals surface area (Å²) < 4.78 is 67.7. The first kappa shape index (κ1) is 23.5. The van der Waals surface area contributed by atoms with Crippen LogP contribution in [0.5, 0.6) is 0 Å². The summed E-state index contributed by atoms with van der Waals surface area (Å²) in [7, 11) is 0. The Kier molecular flexibility index (Phi) is 6.37. The number of alkyl halides is 5. The maximum Gasteiger partial charge on any atom is 0.459 e. The molecule has 4 rings (SSSR count). The highest BCUT2D eigenvalue weighted by atomic mass is 35.5. The van der Waals surface area contributed by atoms with Crippen LogP contribution in [0.25, 0.3) is 11.3 Å². The fourth-order valence-corrected chi connectivity index (χ4v) is 4.22. The van der Waals surface area contributed by atoms with Gasteiger partial charge in [0.15, 0.2) is 0 Å². The van der Waals surface area contributed by atoms with Crippen molar-refractivity contribution in [2.24, 2.45) is 5.10 Å². The fourth-order valence-electron chi connectivity index (χ4n) is 3.53. The Morgan fingerprint density at radius 3 is 2.39 bits per heavy atom. The molecule has 1 aliphatic rings. The summed E-state index contributed by atoms with van der Waals surface area (Å²) in [5.41, 5.74) is 0.607. The molecule has 2 aromatic carbocycles. The molecule has 172 valence electrons. The predicted molar refractivity (Wildman–Crippen MR) is 121 cm³/mol. The number of aromatic nitrogens is 1. The minimum atomic E-state index is -5.76. The molecule has 0 spiro atoms. The molecule has 0 bridgehead atoms.